The molecular formula is C10H18FN3O2. The summed E-state index contributed by atoms with van der Waals surface area (Å²) in [5, 5.41) is 8.54. The Bertz CT molecular complexity index is 309. The maximum atomic E-state index is 13.3. The monoisotopic (exact) mass is 231 g/mol. The van der Waals surface area contributed by atoms with Gasteiger partial charge in [0.05, 0.1) is 12.4 Å². The SMILES string of the molecule is CC(N)=NCC(F)=C(C)CCC(N)C(=O)O. The zero-order valence-corrected chi connectivity index (χ0v) is 9.53. The second kappa shape index (κ2) is 6.95. The van der Waals surface area contributed by atoms with Gasteiger partial charge >= 0.3 is 5.97 Å². The van der Waals surface area contributed by atoms with Crippen LogP contribution in [0.2, 0.25) is 0 Å². The number of amidine groups is 1. The Labute approximate surface area is 94.0 Å². The molecule has 0 aliphatic carbocycles. The van der Waals surface area contributed by atoms with E-state index < -0.39 is 12.0 Å². The molecule has 0 aromatic heterocycles. The van der Waals surface area contributed by atoms with Crippen molar-refractivity contribution >= 4 is 11.8 Å². The van der Waals surface area contributed by atoms with Crippen LogP contribution in [0.1, 0.15) is 26.7 Å². The van der Waals surface area contributed by atoms with Crippen LogP contribution >= 0.6 is 0 Å². The zero-order chi connectivity index (χ0) is 12.7. The molecule has 0 spiro atoms. The Kier molecular flexibility index (Phi) is 6.32. The van der Waals surface area contributed by atoms with E-state index in [9.17, 15) is 9.18 Å². The summed E-state index contributed by atoms with van der Waals surface area (Å²) in [6, 6.07) is -0.956. The summed E-state index contributed by atoms with van der Waals surface area (Å²) in [6.07, 6.45) is 0.512. The van der Waals surface area contributed by atoms with E-state index in [4.69, 9.17) is 16.6 Å². The van der Waals surface area contributed by atoms with Gasteiger partial charge in [-0.15, -0.1) is 0 Å². The molecule has 92 valence electrons. The Morgan fingerprint density at radius 2 is 2.06 bits per heavy atom. The number of halogens is 1. The largest absolute Gasteiger partial charge is 0.480 e. The lowest BCUT2D eigenvalue weighted by molar-refractivity contribution is -0.138. The number of allylic oxidation sites excluding steroid dienone is 1. The highest BCUT2D eigenvalue weighted by Crippen LogP contribution is 2.13. The number of nitrogens with two attached hydrogens (primary N) is 2. The maximum Gasteiger partial charge on any atom is 0.320 e. The van der Waals surface area contributed by atoms with Crippen LogP contribution in [0.15, 0.2) is 16.4 Å². The molecule has 0 fully saturated rings. The minimum atomic E-state index is -1.08. The fourth-order valence-corrected chi connectivity index (χ4v) is 0.960. The molecule has 1 atom stereocenters. The van der Waals surface area contributed by atoms with Crippen molar-refractivity contribution in [3.63, 3.8) is 0 Å². The van der Waals surface area contributed by atoms with Gasteiger partial charge in [0.25, 0.3) is 0 Å². The fourth-order valence-electron chi connectivity index (χ4n) is 0.960. The van der Waals surface area contributed by atoms with Gasteiger partial charge in [-0.05, 0) is 32.3 Å². The van der Waals surface area contributed by atoms with Gasteiger partial charge in [-0.3, -0.25) is 9.79 Å². The third kappa shape index (κ3) is 6.13. The van der Waals surface area contributed by atoms with E-state index in [1.807, 2.05) is 0 Å². The summed E-state index contributed by atoms with van der Waals surface area (Å²) in [5.41, 5.74) is 11.0. The minimum Gasteiger partial charge on any atom is -0.480 e. The molecule has 5 nitrogen and oxygen atoms in total. The summed E-state index contributed by atoms with van der Waals surface area (Å²) in [7, 11) is 0. The molecule has 0 saturated carbocycles. The average Bonchev–Trinajstić information content (AvgIpc) is 2.21. The summed E-state index contributed by atoms with van der Waals surface area (Å²) >= 11 is 0. The van der Waals surface area contributed by atoms with Crippen molar-refractivity contribution in [1.29, 1.82) is 0 Å². The molecule has 0 saturated heterocycles. The summed E-state index contributed by atoms with van der Waals surface area (Å²) in [6.45, 7) is 3.06. The molecule has 0 aromatic carbocycles. The maximum absolute atomic E-state index is 13.3. The number of rotatable bonds is 6. The topological polar surface area (TPSA) is 102 Å². The molecule has 0 heterocycles. The molecule has 0 rings (SSSR count). The lowest BCUT2D eigenvalue weighted by Gasteiger charge is -2.07. The lowest BCUT2D eigenvalue weighted by Crippen LogP contribution is -2.29. The highest BCUT2D eigenvalue weighted by Gasteiger charge is 2.12. The van der Waals surface area contributed by atoms with Crippen molar-refractivity contribution in [3.8, 4) is 0 Å². The number of nitrogens with zero attached hydrogens (tertiary/aromatic N) is 1. The molecule has 6 heteroatoms. The van der Waals surface area contributed by atoms with Crippen LogP contribution in [0.4, 0.5) is 4.39 Å². The Balaban J connectivity index is 4.21. The third-order valence-corrected chi connectivity index (χ3v) is 2.08. The smallest absolute Gasteiger partial charge is 0.320 e. The van der Waals surface area contributed by atoms with E-state index in [-0.39, 0.29) is 18.8 Å². The summed E-state index contributed by atoms with van der Waals surface area (Å²) in [4.78, 5) is 14.1. The van der Waals surface area contributed by atoms with E-state index in [1.54, 1.807) is 13.8 Å². The average molecular weight is 231 g/mol. The van der Waals surface area contributed by atoms with Crippen LogP contribution in [0, 0.1) is 0 Å². The third-order valence-electron chi connectivity index (χ3n) is 2.08. The van der Waals surface area contributed by atoms with Crippen molar-refractivity contribution in [2.24, 2.45) is 16.5 Å². The van der Waals surface area contributed by atoms with E-state index in [0.717, 1.165) is 0 Å². The van der Waals surface area contributed by atoms with Crippen molar-refractivity contribution in [2.45, 2.75) is 32.7 Å². The number of carbonyl (C=O) groups is 1. The summed E-state index contributed by atoms with van der Waals surface area (Å²) in [5.74, 6) is -1.16. The van der Waals surface area contributed by atoms with Crippen molar-refractivity contribution in [3.05, 3.63) is 11.4 Å². The van der Waals surface area contributed by atoms with Crippen LogP contribution in [-0.4, -0.2) is 29.5 Å². The highest BCUT2D eigenvalue weighted by atomic mass is 19.1. The van der Waals surface area contributed by atoms with Gasteiger partial charge in [0, 0.05) is 0 Å². The van der Waals surface area contributed by atoms with Gasteiger partial charge < -0.3 is 16.6 Å². The molecule has 0 bridgehead atoms. The minimum absolute atomic E-state index is 0.101. The molecule has 0 amide bonds. The normalized spacial score (nSPS) is 15.6. The van der Waals surface area contributed by atoms with Gasteiger partial charge in [0.2, 0.25) is 0 Å². The van der Waals surface area contributed by atoms with Crippen LogP contribution in [-0.2, 0) is 4.79 Å². The van der Waals surface area contributed by atoms with Gasteiger partial charge in [-0.25, -0.2) is 4.39 Å². The van der Waals surface area contributed by atoms with Gasteiger partial charge in [-0.1, -0.05) is 0 Å². The van der Waals surface area contributed by atoms with Gasteiger partial charge in [-0.2, -0.15) is 0 Å². The van der Waals surface area contributed by atoms with Crippen molar-refractivity contribution in [1.82, 2.24) is 0 Å². The Hall–Kier alpha value is -1.43. The van der Waals surface area contributed by atoms with Crippen molar-refractivity contribution < 1.29 is 14.3 Å². The number of aliphatic imine (C=N–C) groups is 1. The molecule has 0 aromatic rings. The quantitative estimate of drug-likeness (QED) is 0.464. The number of aliphatic carboxylic acids is 1. The van der Waals surface area contributed by atoms with Crippen LogP contribution in [0.25, 0.3) is 0 Å². The first-order valence-corrected chi connectivity index (χ1v) is 4.93. The molecule has 0 radical (unpaired) electrons. The summed E-state index contributed by atoms with van der Waals surface area (Å²) < 4.78 is 13.3. The molecular weight excluding hydrogens is 213 g/mol. The molecule has 0 aliphatic rings. The van der Waals surface area contributed by atoms with E-state index >= 15 is 0 Å². The van der Waals surface area contributed by atoms with E-state index in [1.165, 1.54) is 0 Å². The fraction of sp³-hybridized carbons (Fsp3) is 0.600. The Morgan fingerprint density at radius 1 is 1.50 bits per heavy atom. The van der Waals surface area contributed by atoms with Crippen LogP contribution in [0.3, 0.4) is 0 Å². The first kappa shape index (κ1) is 14.6. The Morgan fingerprint density at radius 3 is 2.50 bits per heavy atom. The first-order valence-electron chi connectivity index (χ1n) is 4.93. The van der Waals surface area contributed by atoms with Crippen LogP contribution in [0.5, 0.6) is 0 Å². The molecule has 16 heavy (non-hydrogen) atoms. The lowest BCUT2D eigenvalue weighted by atomic mass is 10.1. The first-order chi connectivity index (χ1) is 7.34. The van der Waals surface area contributed by atoms with E-state index in [0.29, 0.717) is 17.8 Å². The van der Waals surface area contributed by atoms with Crippen molar-refractivity contribution in [2.75, 3.05) is 6.54 Å². The second-order valence-corrected chi connectivity index (χ2v) is 3.63. The number of hydrogen-bond acceptors (Lipinski definition) is 3. The number of carboxylic acids is 1. The van der Waals surface area contributed by atoms with Crippen LogP contribution < -0.4 is 11.5 Å². The second-order valence-electron chi connectivity index (χ2n) is 3.63. The standard InChI is InChI=1S/C10H18FN3O2/c1-6(3-4-9(13)10(15)16)8(11)5-14-7(2)12/h9H,3-5,13H2,1-2H3,(H2,12,14)(H,15,16). The zero-order valence-electron chi connectivity index (χ0n) is 9.53. The molecule has 5 N–H and O–H groups in total. The highest BCUT2D eigenvalue weighted by molar-refractivity contribution is 5.77. The number of hydrogen-bond donors (Lipinski definition) is 3. The predicted molar refractivity (Wildman–Crippen MR) is 60.8 cm³/mol. The molecule has 0 aliphatic heterocycles. The van der Waals surface area contributed by atoms with Gasteiger partial charge in [0.1, 0.15) is 11.9 Å². The predicted octanol–water partition coefficient (Wildman–Crippen LogP) is 0.799. The van der Waals surface area contributed by atoms with E-state index in [2.05, 4.69) is 4.99 Å². The number of carboxylic acid groups (broad SMARTS) is 1. The molecule has 1 unspecified atom stereocenters. The van der Waals surface area contributed by atoms with Gasteiger partial charge in [0.15, 0.2) is 0 Å².